The van der Waals surface area contributed by atoms with E-state index in [1.54, 1.807) is 18.2 Å². The summed E-state index contributed by atoms with van der Waals surface area (Å²) < 4.78 is 24.2. The third-order valence-electron chi connectivity index (χ3n) is 4.98. The Labute approximate surface area is 173 Å². The molecule has 1 aliphatic carbocycles. The number of rotatable bonds is 6. The van der Waals surface area contributed by atoms with Crippen molar-refractivity contribution in [2.45, 2.75) is 44.4 Å². The smallest absolute Gasteiger partial charge is 0.339 e. The van der Waals surface area contributed by atoms with Gasteiger partial charge < -0.3 is 14.8 Å². The summed E-state index contributed by atoms with van der Waals surface area (Å²) in [6, 6.07) is 8.58. The van der Waals surface area contributed by atoms with E-state index in [-0.39, 0.29) is 17.7 Å². The van der Waals surface area contributed by atoms with Crippen LogP contribution in [0.3, 0.4) is 0 Å². The average molecular weight is 418 g/mol. The second-order valence-corrected chi connectivity index (χ2v) is 7.29. The molecule has 1 saturated carbocycles. The second-order valence-electron chi connectivity index (χ2n) is 6.88. The van der Waals surface area contributed by atoms with Crippen molar-refractivity contribution in [2.75, 3.05) is 7.11 Å². The summed E-state index contributed by atoms with van der Waals surface area (Å²) in [6.45, 7) is 0.352. The fraction of sp³-hybridized carbons (Fsp3) is 0.381. The molecule has 1 aromatic heterocycles. The molecule has 6 nitrogen and oxygen atoms in total. The Hall–Kier alpha value is -2.69. The normalized spacial score (nSPS) is 18.7. The third-order valence-corrected chi connectivity index (χ3v) is 5.29. The van der Waals surface area contributed by atoms with E-state index in [0.717, 1.165) is 25.7 Å². The highest BCUT2D eigenvalue weighted by molar-refractivity contribution is 6.31. The molecule has 0 atom stereocenters. The zero-order chi connectivity index (χ0) is 20.8. The monoisotopic (exact) mass is 417 g/mol. The highest BCUT2D eigenvalue weighted by atomic mass is 35.5. The molecule has 0 saturated heterocycles. The summed E-state index contributed by atoms with van der Waals surface area (Å²) in [6.07, 6.45) is 4.74. The quantitative estimate of drug-likeness (QED) is 0.564. The molecule has 0 unspecified atom stereocenters. The van der Waals surface area contributed by atoms with E-state index in [0.29, 0.717) is 28.4 Å². The van der Waals surface area contributed by atoms with E-state index in [1.165, 1.54) is 19.4 Å². The van der Waals surface area contributed by atoms with Crippen LogP contribution in [-0.4, -0.2) is 30.2 Å². The van der Waals surface area contributed by atoms with Gasteiger partial charge in [-0.05, 0) is 49.4 Å². The van der Waals surface area contributed by atoms with Crippen molar-refractivity contribution in [3.8, 4) is 11.8 Å². The van der Waals surface area contributed by atoms with E-state index in [1.807, 2.05) is 6.07 Å². The van der Waals surface area contributed by atoms with Gasteiger partial charge in [-0.15, -0.1) is 0 Å². The van der Waals surface area contributed by atoms with Crippen molar-refractivity contribution in [3.63, 3.8) is 0 Å². The Morgan fingerprint density at radius 3 is 2.76 bits per heavy atom. The molecule has 2 aromatic rings. The van der Waals surface area contributed by atoms with Crippen molar-refractivity contribution >= 4 is 17.6 Å². The zero-order valence-corrected chi connectivity index (χ0v) is 16.7. The minimum Gasteiger partial charge on any atom is -0.490 e. The number of ether oxygens (including phenoxy) is 2. The lowest BCUT2D eigenvalue weighted by Gasteiger charge is -2.30. The number of hydrogen-bond acceptors (Lipinski definition) is 6. The standard InChI is InChI=1S/C21H21ClFN3O3/c1-28-21(27)18-12-26-20(23)8-14(18)11-25-15-3-6-16(7-4-15)29-17-5-2-13(10-24)19(22)9-17/h2,5,8-9,12,15-16,25H,3-4,6-7,11H2,1H3. The fourth-order valence-electron chi connectivity index (χ4n) is 3.40. The largest absolute Gasteiger partial charge is 0.490 e. The van der Waals surface area contributed by atoms with Gasteiger partial charge in [0.15, 0.2) is 0 Å². The van der Waals surface area contributed by atoms with Gasteiger partial charge in [-0.3, -0.25) is 0 Å². The predicted molar refractivity (Wildman–Crippen MR) is 105 cm³/mol. The number of esters is 1. The van der Waals surface area contributed by atoms with Crippen LogP contribution in [0.4, 0.5) is 4.39 Å². The summed E-state index contributed by atoms with van der Waals surface area (Å²) >= 11 is 6.05. The number of nitrogens with one attached hydrogen (secondary N) is 1. The van der Waals surface area contributed by atoms with Crippen molar-refractivity contribution in [3.05, 3.63) is 58.1 Å². The van der Waals surface area contributed by atoms with Gasteiger partial charge in [0.05, 0.1) is 29.4 Å². The number of carbonyl (C=O) groups excluding carboxylic acids is 1. The van der Waals surface area contributed by atoms with E-state index in [9.17, 15) is 9.18 Å². The van der Waals surface area contributed by atoms with Crippen molar-refractivity contribution < 1.29 is 18.7 Å². The summed E-state index contributed by atoms with van der Waals surface area (Å²) in [4.78, 5) is 15.4. The maximum absolute atomic E-state index is 13.5. The topological polar surface area (TPSA) is 84.2 Å². The molecular weight excluding hydrogens is 397 g/mol. The van der Waals surface area contributed by atoms with Gasteiger partial charge in [0.1, 0.15) is 11.8 Å². The minimum atomic E-state index is -0.632. The lowest BCUT2D eigenvalue weighted by atomic mass is 9.92. The second kappa shape index (κ2) is 9.68. The molecule has 1 aliphatic rings. The van der Waals surface area contributed by atoms with Crippen LogP contribution in [-0.2, 0) is 11.3 Å². The Bertz CT molecular complexity index is 924. The van der Waals surface area contributed by atoms with Crippen LogP contribution in [0.15, 0.2) is 30.5 Å². The molecule has 0 amide bonds. The Morgan fingerprint density at radius 2 is 2.10 bits per heavy atom. The zero-order valence-electron chi connectivity index (χ0n) is 16.0. The molecule has 0 bridgehead atoms. The van der Waals surface area contributed by atoms with Crippen molar-refractivity contribution in [1.82, 2.24) is 10.3 Å². The molecule has 1 fully saturated rings. The van der Waals surface area contributed by atoms with Crippen molar-refractivity contribution in [2.24, 2.45) is 0 Å². The van der Waals surface area contributed by atoms with Gasteiger partial charge in [-0.25, -0.2) is 9.78 Å². The number of hydrogen-bond donors (Lipinski definition) is 1. The van der Waals surface area contributed by atoms with Crippen LogP contribution in [0.5, 0.6) is 5.75 Å². The molecule has 0 spiro atoms. The van der Waals surface area contributed by atoms with Crippen LogP contribution < -0.4 is 10.1 Å². The number of halogens is 2. The Kier molecular flexibility index (Phi) is 7.02. The maximum atomic E-state index is 13.5. The van der Waals surface area contributed by atoms with Crippen LogP contribution in [0.25, 0.3) is 0 Å². The first kappa shape index (κ1) is 21.0. The lowest BCUT2D eigenvalue weighted by molar-refractivity contribution is 0.0598. The molecule has 0 radical (unpaired) electrons. The van der Waals surface area contributed by atoms with Gasteiger partial charge in [0.2, 0.25) is 5.95 Å². The van der Waals surface area contributed by atoms with Gasteiger partial charge in [0.25, 0.3) is 0 Å². The van der Waals surface area contributed by atoms with Crippen LogP contribution in [0.2, 0.25) is 5.02 Å². The van der Waals surface area contributed by atoms with Gasteiger partial charge in [-0.1, -0.05) is 11.6 Å². The number of carbonyl (C=O) groups is 1. The van der Waals surface area contributed by atoms with E-state index < -0.39 is 11.9 Å². The van der Waals surface area contributed by atoms with Crippen molar-refractivity contribution in [1.29, 1.82) is 5.26 Å². The molecule has 8 heteroatoms. The Balaban J connectivity index is 1.52. The number of methoxy groups -OCH3 is 1. The molecular formula is C21H21ClFN3O3. The molecule has 3 rings (SSSR count). The lowest BCUT2D eigenvalue weighted by Crippen LogP contribution is -2.36. The molecule has 1 N–H and O–H groups in total. The number of pyridine rings is 1. The first-order valence-corrected chi connectivity index (χ1v) is 9.70. The summed E-state index contributed by atoms with van der Waals surface area (Å²) in [5.41, 5.74) is 1.21. The van der Waals surface area contributed by atoms with Gasteiger partial charge >= 0.3 is 5.97 Å². The summed E-state index contributed by atoms with van der Waals surface area (Å²) in [5, 5.41) is 12.7. The van der Waals surface area contributed by atoms with E-state index in [4.69, 9.17) is 26.3 Å². The molecule has 29 heavy (non-hydrogen) atoms. The van der Waals surface area contributed by atoms with Crippen LogP contribution in [0, 0.1) is 17.3 Å². The highest BCUT2D eigenvalue weighted by Crippen LogP contribution is 2.27. The van der Waals surface area contributed by atoms with Gasteiger partial charge in [-0.2, -0.15) is 9.65 Å². The first-order valence-electron chi connectivity index (χ1n) is 9.32. The highest BCUT2D eigenvalue weighted by Gasteiger charge is 2.23. The first-order chi connectivity index (χ1) is 14.0. The number of benzene rings is 1. The van der Waals surface area contributed by atoms with Gasteiger partial charge in [0, 0.05) is 24.8 Å². The van der Waals surface area contributed by atoms with E-state index >= 15 is 0 Å². The van der Waals surface area contributed by atoms with Crippen LogP contribution in [0.1, 0.15) is 47.2 Å². The molecule has 1 aromatic carbocycles. The summed E-state index contributed by atoms with van der Waals surface area (Å²) in [7, 11) is 1.28. The summed E-state index contributed by atoms with van der Waals surface area (Å²) in [5.74, 6) is -0.513. The number of nitrogens with zero attached hydrogens (tertiary/aromatic N) is 2. The molecule has 152 valence electrons. The molecule has 1 heterocycles. The minimum absolute atomic E-state index is 0.0704. The maximum Gasteiger partial charge on any atom is 0.339 e. The molecule has 0 aliphatic heterocycles. The number of aromatic nitrogens is 1. The third kappa shape index (κ3) is 5.43. The van der Waals surface area contributed by atoms with E-state index in [2.05, 4.69) is 10.3 Å². The SMILES string of the molecule is COC(=O)c1cnc(F)cc1CNC1CCC(Oc2ccc(C#N)c(Cl)c2)CC1. The number of nitriles is 1. The van der Waals surface area contributed by atoms with Crippen LogP contribution >= 0.6 is 11.6 Å². The Morgan fingerprint density at radius 1 is 1.34 bits per heavy atom. The predicted octanol–water partition coefficient (Wildman–Crippen LogP) is 4.01. The fourth-order valence-corrected chi connectivity index (χ4v) is 3.61. The average Bonchev–Trinajstić information content (AvgIpc) is 2.73.